The summed E-state index contributed by atoms with van der Waals surface area (Å²) < 4.78 is 12.0. The summed E-state index contributed by atoms with van der Waals surface area (Å²) in [5, 5.41) is 0. The van der Waals surface area contributed by atoms with E-state index in [0.717, 1.165) is 17.5 Å². The highest BCUT2D eigenvalue weighted by atomic mass is 32.2. The van der Waals surface area contributed by atoms with Crippen molar-refractivity contribution < 1.29 is 14.3 Å². The zero-order valence-corrected chi connectivity index (χ0v) is 16.9. The van der Waals surface area contributed by atoms with Gasteiger partial charge in [-0.25, -0.2) is 0 Å². The molecule has 6 heteroatoms. The summed E-state index contributed by atoms with van der Waals surface area (Å²) in [4.78, 5) is 14.8. The Morgan fingerprint density at radius 3 is 2.63 bits per heavy atom. The predicted molar refractivity (Wildman–Crippen MR) is 114 cm³/mol. The van der Waals surface area contributed by atoms with Crippen molar-refractivity contribution in [1.29, 1.82) is 0 Å². The van der Waals surface area contributed by atoms with E-state index in [-0.39, 0.29) is 5.91 Å². The van der Waals surface area contributed by atoms with Crippen molar-refractivity contribution in [3.05, 3.63) is 64.6 Å². The molecule has 4 nitrogen and oxygen atoms in total. The quantitative estimate of drug-likeness (QED) is 0.490. The zero-order chi connectivity index (χ0) is 19.2. The van der Waals surface area contributed by atoms with Crippen molar-refractivity contribution in [2.45, 2.75) is 20.0 Å². The number of hydrogen-bond acceptors (Lipinski definition) is 5. The Balaban J connectivity index is 1.76. The Bertz CT molecular complexity index is 865. The lowest BCUT2D eigenvalue weighted by atomic mass is 10.1. The first-order valence-electron chi connectivity index (χ1n) is 8.72. The molecule has 1 aliphatic heterocycles. The van der Waals surface area contributed by atoms with Gasteiger partial charge in [-0.3, -0.25) is 9.69 Å². The number of rotatable bonds is 7. The molecular weight excluding hydrogens is 378 g/mol. The molecule has 2 aromatic carbocycles. The first kappa shape index (κ1) is 19.5. The van der Waals surface area contributed by atoms with Gasteiger partial charge in [0.05, 0.1) is 12.0 Å². The molecule has 0 bridgehead atoms. The number of hydrogen-bond donors (Lipinski definition) is 0. The average molecular weight is 400 g/mol. The van der Waals surface area contributed by atoms with Crippen molar-refractivity contribution in [3.63, 3.8) is 0 Å². The van der Waals surface area contributed by atoms with Crippen molar-refractivity contribution in [1.82, 2.24) is 4.90 Å². The maximum atomic E-state index is 12.5. The van der Waals surface area contributed by atoms with Gasteiger partial charge < -0.3 is 9.47 Å². The van der Waals surface area contributed by atoms with E-state index in [1.54, 1.807) is 12.0 Å². The summed E-state index contributed by atoms with van der Waals surface area (Å²) in [6.45, 7) is 3.14. The van der Waals surface area contributed by atoms with Gasteiger partial charge in [-0.05, 0) is 35.8 Å². The normalized spacial score (nSPS) is 15.5. The topological polar surface area (TPSA) is 38.8 Å². The minimum atomic E-state index is -0.0322. The fourth-order valence-corrected chi connectivity index (χ4v) is 4.00. The second kappa shape index (κ2) is 9.06. The summed E-state index contributed by atoms with van der Waals surface area (Å²) in [5.74, 6) is 1.26. The van der Waals surface area contributed by atoms with Gasteiger partial charge in [-0.15, -0.1) is 0 Å². The highest BCUT2D eigenvalue weighted by Gasteiger charge is 2.31. The van der Waals surface area contributed by atoms with Gasteiger partial charge in [0, 0.05) is 6.54 Å². The molecular formula is C21H21NO3S2. The minimum Gasteiger partial charge on any atom is -0.493 e. The van der Waals surface area contributed by atoms with Crippen LogP contribution >= 0.6 is 24.0 Å². The van der Waals surface area contributed by atoms with E-state index in [4.69, 9.17) is 21.7 Å². The Morgan fingerprint density at radius 1 is 1.15 bits per heavy atom. The smallest absolute Gasteiger partial charge is 0.266 e. The number of carbonyl (C=O) groups is 1. The number of thiocarbonyl (C=S) groups is 1. The average Bonchev–Trinajstić information content (AvgIpc) is 2.95. The molecule has 0 N–H and O–H groups in total. The third-order valence-electron chi connectivity index (χ3n) is 4.04. The van der Waals surface area contributed by atoms with Gasteiger partial charge in [0.2, 0.25) is 0 Å². The van der Waals surface area contributed by atoms with Crippen molar-refractivity contribution in [2.24, 2.45) is 0 Å². The van der Waals surface area contributed by atoms with Crippen LogP contribution in [0.5, 0.6) is 11.5 Å². The Morgan fingerprint density at radius 2 is 1.93 bits per heavy atom. The number of nitrogens with zero attached hydrogens (tertiary/aromatic N) is 1. The fourth-order valence-electron chi connectivity index (χ4n) is 2.70. The molecule has 1 fully saturated rings. The van der Waals surface area contributed by atoms with Gasteiger partial charge in [-0.1, -0.05) is 67.3 Å². The third kappa shape index (κ3) is 4.70. The van der Waals surface area contributed by atoms with E-state index in [2.05, 4.69) is 0 Å². The summed E-state index contributed by atoms with van der Waals surface area (Å²) in [6.07, 6.45) is 2.72. The molecule has 0 aromatic heterocycles. The number of ether oxygens (including phenoxy) is 2. The summed E-state index contributed by atoms with van der Waals surface area (Å²) in [7, 11) is 1.61. The number of benzene rings is 2. The van der Waals surface area contributed by atoms with Gasteiger partial charge in [-0.2, -0.15) is 0 Å². The molecule has 1 amide bonds. The van der Waals surface area contributed by atoms with E-state index in [0.29, 0.717) is 33.9 Å². The monoisotopic (exact) mass is 399 g/mol. The van der Waals surface area contributed by atoms with E-state index >= 15 is 0 Å². The standard InChI is InChI=1S/C21H21NO3S2/c1-3-11-22-20(23)19(27-21(22)26)13-16-9-10-17(18(12-16)24-2)25-14-15-7-5-4-6-8-15/h4-10,12-13H,3,11,14H2,1-2H3. The molecule has 1 saturated heterocycles. The van der Waals surface area contributed by atoms with E-state index in [1.165, 1.54) is 11.8 Å². The summed E-state index contributed by atoms with van der Waals surface area (Å²) >= 11 is 6.65. The Labute approximate surface area is 169 Å². The van der Waals surface area contributed by atoms with Gasteiger partial charge >= 0.3 is 0 Å². The van der Waals surface area contributed by atoms with Crippen LogP contribution in [0.15, 0.2) is 53.4 Å². The van der Waals surface area contributed by atoms with Crippen LogP contribution < -0.4 is 9.47 Å². The molecule has 0 atom stereocenters. The van der Waals surface area contributed by atoms with Crippen LogP contribution in [0.1, 0.15) is 24.5 Å². The molecule has 1 aliphatic rings. The van der Waals surface area contributed by atoms with Crippen LogP contribution in [0.3, 0.4) is 0 Å². The highest BCUT2D eigenvalue weighted by molar-refractivity contribution is 8.26. The zero-order valence-electron chi connectivity index (χ0n) is 15.3. The molecule has 27 heavy (non-hydrogen) atoms. The van der Waals surface area contributed by atoms with Crippen LogP contribution in [-0.2, 0) is 11.4 Å². The van der Waals surface area contributed by atoms with E-state index in [1.807, 2.05) is 61.5 Å². The lowest BCUT2D eigenvalue weighted by Crippen LogP contribution is -2.28. The fraction of sp³-hybridized carbons (Fsp3) is 0.238. The van der Waals surface area contributed by atoms with Crippen molar-refractivity contribution in [3.8, 4) is 11.5 Å². The van der Waals surface area contributed by atoms with Crippen molar-refractivity contribution >= 4 is 40.3 Å². The largest absolute Gasteiger partial charge is 0.493 e. The Kier molecular flexibility index (Phi) is 6.53. The van der Waals surface area contributed by atoms with Crippen LogP contribution in [0.4, 0.5) is 0 Å². The summed E-state index contributed by atoms with van der Waals surface area (Å²) in [6, 6.07) is 15.6. The minimum absolute atomic E-state index is 0.0322. The van der Waals surface area contributed by atoms with E-state index in [9.17, 15) is 4.79 Å². The Hall–Kier alpha value is -2.31. The van der Waals surface area contributed by atoms with Crippen LogP contribution in [0.25, 0.3) is 6.08 Å². The molecule has 0 spiro atoms. The third-order valence-corrected chi connectivity index (χ3v) is 5.42. The second-order valence-corrected chi connectivity index (χ2v) is 7.69. The molecule has 0 unspecified atom stereocenters. The highest BCUT2D eigenvalue weighted by Crippen LogP contribution is 2.35. The van der Waals surface area contributed by atoms with Gasteiger partial charge in [0.25, 0.3) is 5.91 Å². The van der Waals surface area contributed by atoms with Gasteiger partial charge in [0.1, 0.15) is 10.9 Å². The molecule has 1 heterocycles. The number of amides is 1. The molecule has 3 rings (SSSR count). The SMILES string of the molecule is CCCN1C(=O)C(=Cc2ccc(OCc3ccccc3)c(OC)c2)SC1=S. The maximum absolute atomic E-state index is 12.5. The van der Waals surface area contributed by atoms with Crippen molar-refractivity contribution in [2.75, 3.05) is 13.7 Å². The number of carbonyl (C=O) groups excluding carboxylic acids is 1. The maximum Gasteiger partial charge on any atom is 0.266 e. The van der Waals surface area contributed by atoms with Crippen LogP contribution in [-0.4, -0.2) is 28.8 Å². The first-order valence-corrected chi connectivity index (χ1v) is 9.95. The number of thioether (sulfide) groups is 1. The first-order chi connectivity index (χ1) is 13.1. The molecule has 0 saturated carbocycles. The van der Waals surface area contributed by atoms with Crippen LogP contribution in [0, 0.1) is 0 Å². The molecule has 140 valence electrons. The second-order valence-electron chi connectivity index (χ2n) is 6.02. The lowest BCUT2D eigenvalue weighted by Gasteiger charge is -2.12. The van der Waals surface area contributed by atoms with Gasteiger partial charge in [0.15, 0.2) is 11.5 Å². The molecule has 0 radical (unpaired) electrons. The lowest BCUT2D eigenvalue weighted by molar-refractivity contribution is -0.122. The molecule has 0 aliphatic carbocycles. The molecule has 2 aromatic rings. The van der Waals surface area contributed by atoms with Crippen LogP contribution in [0.2, 0.25) is 0 Å². The predicted octanol–water partition coefficient (Wildman–Crippen LogP) is 4.89. The van der Waals surface area contributed by atoms with E-state index < -0.39 is 0 Å². The summed E-state index contributed by atoms with van der Waals surface area (Å²) in [5.41, 5.74) is 1.96. The number of methoxy groups -OCH3 is 1.